The van der Waals surface area contributed by atoms with Crippen molar-refractivity contribution in [2.45, 2.75) is 50.5 Å². The van der Waals surface area contributed by atoms with E-state index in [0.29, 0.717) is 23.7 Å². The number of hydrogen-bond acceptors (Lipinski definition) is 4. The summed E-state index contributed by atoms with van der Waals surface area (Å²) in [6.45, 7) is 3.09. The van der Waals surface area contributed by atoms with Gasteiger partial charge in [0.1, 0.15) is 0 Å². The molecule has 2 aliphatic heterocycles. The highest BCUT2D eigenvalue weighted by Gasteiger charge is 2.43. The predicted molar refractivity (Wildman–Crippen MR) is 159 cm³/mol. The number of ether oxygens (including phenoxy) is 1. The van der Waals surface area contributed by atoms with Crippen LogP contribution in [0.3, 0.4) is 0 Å². The van der Waals surface area contributed by atoms with Crippen LogP contribution in [-0.2, 0) is 16.0 Å². The number of nitrogens with zero attached hydrogens (tertiary/aromatic N) is 1. The van der Waals surface area contributed by atoms with Gasteiger partial charge in [-0.2, -0.15) is 0 Å². The molecule has 2 amide bonds. The van der Waals surface area contributed by atoms with Gasteiger partial charge in [-0.05, 0) is 79.7 Å². The van der Waals surface area contributed by atoms with E-state index in [1.165, 1.54) is 11.1 Å². The van der Waals surface area contributed by atoms with Crippen molar-refractivity contribution in [3.63, 3.8) is 0 Å². The van der Waals surface area contributed by atoms with Crippen LogP contribution >= 0.6 is 0 Å². The molecule has 208 valence electrons. The third-order valence-electron chi connectivity index (χ3n) is 8.70. The van der Waals surface area contributed by atoms with E-state index < -0.39 is 0 Å². The van der Waals surface area contributed by atoms with E-state index in [9.17, 15) is 9.59 Å². The van der Waals surface area contributed by atoms with E-state index >= 15 is 0 Å². The molecule has 2 N–H and O–H groups in total. The molecule has 3 fully saturated rings. The minimum atomic E-state index is -0.110. The Labute approximate surface area is 237 Å². The summed E-state index contributed by atoms with van der Waals surface area (Å²) in [7, 11) is 0. The lowest BCUT2D eigenvalue weighted by Crippen LogP contribution is -2.37. The Bertz CT molecular complexity index is 1300. The molecule has 3 aromatic rings. The van der Waals surface area contributed by atoms with Crippen molar-refractivity contribution in [2.75, 3.05) is 36.5 Å². The number of benzene rings is 3. The van der Waals surface area contributed by atoms with Crippen LogP contribution in [0.5, 0.6) is 0 Å². The van der Waals surface area contributed by atoms with E-state index in [1.807, 2.05) is 36.4 Å². The van der Waals surface area contributed by atoms with Crippen molar-refractivity contribution < 1.29 is 14.3 Å². The van der Waals surface area contributed by atoms with Crippen LogP contribution in [0, 0.1) is 11.8 Å². The zero-order chi connectivity index (χ0) is 27.3. The topological polar surface area (TPSA) is 70.7 Å². The molecule has 3 atom stereocenters. The summed E-state index contributed by atoms with van der Waals surface area (Å²) in [5, 5.41) is 6.20. The van der Waals surface area contributed by atoms with Gasteiger partial charge in [-0.25, -0.2) is 0 Å². The molecule has 3 aliphatic rings. The first-order valence-corrected chi connectivity index (χ1v) is 14.8. The van der Waals surface area contributed by atoms with Crippen molar-refractivity contribution in [3.8, 4) is 0 Å². The summed E-state index contributed by atoms with van der Waals surface area (Å²) in [5.41, 5.74) is 4.83. The van der Waals surface area contributed by atoms with Crippen LogP contribution < -0.4 is 15.5 Å². The summed E-state index contributed by atoms with van der Waals surface area (Å²) >= 11 is 0. The number of anilines is 2. The highest BCUT2D eigenvalue weighted by molar-refractivity contribution is 6.02. The second-order valence-electron chi connectivity index (χ2n) is 11.5. The minimum Gasteiger partial charge on any atom is -0.376 e. The van der Waals surface area contributed by atoms with Gasteiger partial charge in [-0.15, -0.1) is 0 Å². The van der Waals surface area contributed by atoms with Crippen LogP contribution in [0.4, 0.5) is 11.4 Å². The molecular formula is C34H39N3O3. The van der Waals surface area contributed by atoms with Gasteiger partial charge in [0.2, 0.25) is 5.91 Å². The molecule has 3 aromatic carbocycles. The third-order valence-corrected chi connectivity index (χ3v) is 8.70. The van der Waals surface area contributed by atoms with Crippen LogP contribution in [-0.4, -0.2) is 44.2 Å². The first kappa shape index (κ1) is 26.6. The highest BCUT2D eigenvalue weighted by Crippen LogP contribution is 2.48. The van der Waals surface area contributed by atoms with Crippen molar-refractivity contribution in [3.05, 3.63) is 95.6 Å². The largest absolute Gasteiger partial charge is 0.376 e. The third kappa shape index (κ3) is 6.39. The van der Waals surface area contributed by atoms with Crippen molar-refractivity contribution in [2.24, 2.45) is 11.8 Å². The Morgan fingerprint density at radius 3 is 2.38 bits per heavy atom. The monoisotopic (exact) mass is 537 g/mol. The van der Waals surface area contributed by atoms with Gasteiger partial charge < -0.3 is 20.3 Å². The molecule has 0 spiro atoms. The lowest BCUT2D eigenvalue weighted by Gasteiger charge is -2.35. The second-order valence-corrected chi connectivity index (χ2v) is 11.5. The SMILES string of the molecule is O=C(NCC1CCCO1)c1cc(NC(=O)C2C[C@H]2c2ccccc2)ccc1N1CCC(Cc2ccccc2)CC1. The average molecular weight is 538 g/mol. The lowest BCUT2D eigenvalue weighted by atomic mass is 9.89. The minimum absolute atomic E-state index is 0.0223. The molecule has 0 radical (unpaired) electrons. The number of carbonyl (C=O) groups is 2. The van der Waals surface area contributed by atoms with E-state index in [0.717, 1.165) is 63.9 Å². The normalized spacial score (nSPS) is 22.6. The van der Waals surface area contributed by atoms with E-state index in [1.54, 1.807) is 0 Å². The zero-order valence-corrected chi connectivity index (χ0v) is 23.1. The second kappa shape index (κ2) is 12.3. The highest BCUT2D eigenvalue weighted by atomic mass is 16.5. The van der Waals surface area contributed by atoms with Gasteiger partial charge in [0.15, 0.2) is 0 Å². The Morgan fingerprint density at radius 2 is 1.65 bits per heavy atom. The van der Waals surface area contributed by atoms with Crippen LogP contribution in [0.2, 0.25) is 0 Å². The average Bonchev–Trinajstić information content (AvgIpc) is 3.64. The fourth-order valence-electron chi connectivity index (χ4n) is 6.29. The van der Waals surface area contributed by atoms with E-state index in [2.05, 4.69) is 58.0 Å². The van der Waals surface area contributed by atoms with Gasteiger partial charge in [-0.3, -0.25) is 9.59 Å². The summed E-state index contributed by atoms with van der Waals surface area (Å²) in [6.07, 6.45) is 6.23. The van der Waals surface area contributed by atoms with Crippen molar-refractivity contribution >= 4 is 23.2 Å². The number of piperidine rings is 1. The molecular weight excluding hydrogens is 498 g/mol. The molecule has 2 saturated heterocycles. The van der Waals surface area contributed by atoms with Gasteiger partial charge in [-0.1, -0.05) is 60.7 Å². The van der Waals surface area contributed by atoms with Gasteiger partial charge in [0.05, 0.1) is 11.7 Å². The first-order chi connectivity index (χ1) is 19.6. The molecule has 1 saturated carbocycles. The molecule has 6 nitrogen and oxygen atoms in total. The number of amides is 2. The molecule has 40 heavy (non-hydrogen) atoms. The maximum absolute atomic E-state index is 13.5. The van der Waals surface area contributed by atoms with E-state index in [4.69, 9.17) is 4.74 Å². The predicted octanol–water partition coefficient (Wildman–Crippen LogP) is 5.80. The Balaban J connectivity index is 1.14. The van der Waals surface area contributed by atoms with Crippen molar-refractivity contribution in [1.82, 2.24) is 5.32 Å². The Hall–Kier alpha value is -3.64. The summed E-state index contributed by atoms with van der Waals surface area (Å²) < 4.78 is 5.72. The summed E-state index contributed by atoms with van der Waals surface area (Å²) in [4.78, 5) is 28.9. The number of hydrogen-bond donors (Lipinski definition) is 2. The Kier molecular flexibility index (Phi) is 8.14. The number of rotatable bonds is 9. The molecule has 6 heteroatoms. The summed E-state index contributed by atoms with van der Waals surface area (Å²) in [6, 6.07) is 26.7. The van der Waals surface area contributed by atoms with Gasteiger partial charge in [0, 0.05) is 43.5 Å². The quantitative estimate of drug-likeness (QED) is 0.362. The van der Waals surface area contributed by atoms with E-state index in [-0.39, 0.29) is 29.8 Å². The van der Waals surface area contributed by atoms with Gasteiger partial charge in [0.25, 0.3) is 5.91 Å². The lowest BCUT2D eigenvalue weighted by molar-refractivity contribution is -0.117. The molecule has 0 aromatic heterocycles. The fourth-order valence-corrected chi connectivity index (χ4v) is 6.29. The first-order valence-electron chi connectivity index (χ1n) is 14.8. The molecule has 6 rings (SSSR count). The summed E-state index contributed by atoms with van der Waals surface area (Å²) in [5.74, 6) is 0.801. The van der Waals surface area contributed by atoms with Gasteiger partial charge >= 0.3 is 0 Å². The Morgan fingerprint density at radius 1 is 0.900 bits per heavy atom. The van der Waals surface area contributed by atoms with Crippen molar-refractivity contribution in [1.29, 1.82) is 0 Å². The van der Waals surface area contributed by atoms with Crippen LogP contribution in [0.1, 0.15) is 59.5 Å². The maximum Gasteiger partial charge on any atom is 0.253 e. The molecule has 0 bridgehead atoms. The maximum atomic E-state index is 13.5. The smallest absolute Gasteiger partial charge is 0.253 e. The molecule has 1 aliphatic carbocycles. The number of carbonyl (C=O) groups excluding carboxylic acids is 2. The fraction of sp³-hybridized carbons (Fsp3) is 0.412. The zero-order valence-electron chi connectivity index (χ0n) is 23.1. The van der Waals surface area contributed by atoms with Crippen LogP contribution in [0.25, 0.3) is 0 Å². The molecule has 2 heterocycles. The van der Waals surface area contributed by atoms with Crippen LogP contribution in [0.15, 0.2) is 78.9 Å². The number of nitrogens with one attached hydrogen (secondary N) is 2. The molecule has 2 unspecified atom stereocenters. The standard InChI is InChI=1S/C34H39N3O3/c38-33(35-23-28-12-7-19-40-28)31-21-27(36-34(39)30-22-29(30)26-10-5-2-6-11-26)13-14-32(31)37-17-15-25(16-18-37)20-24-8-3-1-4-9-24/h1-6,8-11,13-14,21,25,28-30H,7,12,15-20,22-23H2,(H,35,38)(H,36,39)/t28?,29-,30?/m0/s1.